The van der Waals surface area contributed by atoms with Gasteiger partial charge in [0.15, 0.2) is 16.7 Å². The molecule has 9 heteroatoms. The summed E-state index contributed by atoms with van der Waals surface area (Å²) in [5.74, 6) is 3.83. The van der Waals surface area contributed by atoms with E-state index < -0.39 is 0 Å². The van der Waals surface area contributed by atoms with E-state index in [1.54, 1.807) is 11.8 Å². The van der Waals surface area contributed by atoms with Crippen molar-refractivity contribution in [3.8, 4) is 11.5 Å². The van der Waals surface area contributed by atoms with E-state index in [-0.39, 0.29) is 12.7 Å². The monoisotopic (exact) mass is 417 g/mol. The SMILES string of the molecule is CCSc1nnc([C@@H]2CCCN(CC(=O)NCc3ccc4c(c3)OCO4)C2)n1C. The van der Waals surface area contributed by atoms with Crippen molar-refractivity contribution in [3.05, 3.63) is 29.6 Å². The summed E-state index contributed by atoms with van der Waals surface area (Å²) < 4.78 is 12.8. The minimum Gasteiger partial charge on any atom is -0.454 e. The van der Waals surface area contributed by atoms with Crippen LogP contribution >= 0.6 is 11.8 Å². The number of likely N-dealkylation sites (tertiary alicyclic amines) is 1. The number of amides is 1. The van der Waals surface area contributed by atoms with Crippen LogP contribution in [0.15, 0.2) is 23.4 Å². The number of fused-ring (bicyclic) bond motifs is 1. The van der Waals surface area contributed by atoms with E-state index in [9.17, 15) is 4.79 Å². The second-order valence-corrected chi connectivity index (χ2v) is 8.60. The summed E-state index contributed by atoms with van der Waals surface area (Å²) >= 11 is 1.70. The molecule has 2 aliphatic rings. The Balaban J connectivity index is 1.29. The highest BCUT2D eigenvalue weighted by Gasteiger charge is 2.27. The summed E-state index contributed by atoms with van der Waals surface area (Å²) in [7, 11) is 2.03. The molecule has 2 aromatic rings. The quantitative estimate of drug-likeness (QED) is 0.691. The molecular formula is C20H27N5O3S. The molecule has 0 spiro atoms. The highest BCUT2D eigenvalue weighted by atomic mass is 32.2. The Bertz CT molecular complexity index is 872. The molecule has 1 amide bonds. The van der Waals surface area contributed by atoms with Crippen LogP contribution < -0.4 is 14.8 Å². The molecule has 0 saturated carbocycles. The Kier molecular flexibility index (Phi) is 6.25. The number of aromatic nitrogens is 3. The molecular weight excluding hydrogens is 390 g/mol. The van der Waals surface area contributed by atoms with E-state index in [1.165, 1.54) is 0 Å². The van der Waals surface area contributed by atoms with Gasteiger partial charge in [0, 0.05) is 26.1 Å². The maximum atomic E-state index is 12.5. The Morgan fingerprint density at radius 1 is 1.31 bits per heavy atom. The number of carbonyl (C=O) groups is 1. The van der Waals surface area contributed by atoms with Crippen LogP contribution in [-0.2, 0) is 18.4 Å². The normalized spacial score (nSPS) is 18.8. The average Bonchev–Trinajstić information content (AvgIpc) is 3.33. The predicted octanol–water partition coefficient (Wildman–Crippen LogP) is 2.15. The molecule has 0 unspecified atom stereocenters. The maximum Gasteiger partial charge on any atom is 0.234 e. The minimum absolute atomic E-state index is 0.0310. The van der Waals surface area contributed by atoms with Gasteiger partial charge in [-0.2, -0.15) is 0 Å². The number of benzene rings is 1. The summed E-state index contributed by atoms with van der Waals surface area (Å²) in [6.45, 7) is 5.01. The van der Waals surface area contributed by atoms with E-state index in [0.29, 0.717) is 19.0 Å². The van der Waals surface area contributed by atoms with Crippen LogP contribution in [0.1, 0.15) is 37.1 Å². The van der Waals surface area contributed by atoms with Crippen LogP contribution in [0.3, 0.4) is 0 Å². The molecule has 1 saturated heterocycles. The van der Waals surface area contributed by atoms with E-state index in [2.05, 4.69) is 31.9 Å². The van der Waals surface area contributed by atoms with Crippen LogP contribution in [0.4, 0.5) is 0 Å². The molecule has 1 aromatic heterocycles. The number of thioether (sulfide) groups is 1. The first kappa shape index (κ1) is 20.0. The lowest BCUT2D eigenvalue weighted by atomic mass is 9.97. The zero-order chi connectivity index (χ0) is 20.2. The van der Waals surface area contributed by atoms with Crippen LogP contribution in [-0.4, -0.2) is 57.8 Å². The zero-order valence-corrected chi connectivity index (χ0v) is 17.7. The lowest BCUT2D eigenvalue weighted by molar-refractivity contribution is -0.122. The van der Waals surface area contributed by atoms with Gasteiger partial charge in [-0.25, -0.2) is 0 Å². The van der Waals surface area contributed by atoms with Crippen LogP contribution in [0.2, 0.25) is 0 Å². The second-order valence-electron chi connectivity index (χ2n) is 7.37. The van der Waals surface area contributed by atoms with Crippen molar-refractivity contribution in [1.29, 1.82) is 0 Å². The smallest absolute Gasteiger partial charge is 0.234 e. The first-order valence-corrected chi connectivity index (χ1v) is 11.0. The van der Waals surface area contributed by atoms with Gasteiger partial charge in [-0.15, -0.1) is 10.2 Å². The van der Waals surface area contributed by atoms with Crippen molar-refractivity contribution in [2.24, 2.45) is 7.05 Å². The van der Waals surface area contributed by atoms with Crippen molar-refractivity contribution < 1.29 is 14.3 Å². The number of hydrogen-bond donors (Lipinski definition) is 1. The van der Waals surface area contributed by atoms with Crippen molar-refractivity contribution in [1.82, 2.24) is 25.0 Å². The molecule has 1 fully saturated rings. The third-order valence-corrected chi connectivity index (χ3v) is 6.21. The average molecular weight is 418 g/mol. The molecule has 0 bridgehead atoms. The Labute approximate surface area is 175 Å². The molecule has 156 valence electrons. The molecule has 3 heterocycles. The van der Waals surface area contributed by atoms with Crippen LogP contribution in [0, 0.1) is 0 Å². The van der Waals surface area contributed by atoms with Crippen molar-refractivity contribution >= 4 is 17.7 Å². The number of rotatable bonds is 7. The molecule has 8 nitrogen and oxygen atoms in total. The summed E-state index contributed by atoms with van der Waals surface area (Å²) in [5, 5.41) is 12.7. The largest absolute Gasteiger partial charge is 0.454 e. The number of piperidine rings is 1. The first-order valence-electron chi connectivity index (χ1n) is 10.0. The standard InChI is InChI=1S/C20H27N5O3S/c1-3-29-20-23-22-19(24(20)2)15-5-4-8-25(11-15)12-18(26)21-10-14-6-7-16-17(9-14)28-13-27-16/h6-7,9,15H,3-5,8,10-13H2,1-2H3,(H,21,26)/t15-/m1/s1. The first-order chi connectivity index (χ1) is 14.1. The molecule has 2 aliphatic heterocycles. The molecule has 1 atom stereocenters. The summed E-state index contributed by atoms with van der Waals surface area (Å²) in [5.41, 5.74) is 0.999. The third-order valence-electron chi connectivity index (χ3n) is 5.31. The van der Waals surface area contributed by atoms with Gasteiger partial charge in [0.25, 0.3) is 0 Å². The van der Waals surface area contributed by atoms with Gasteiger partial charge in [0.05, 0.1) is 6.54 Å². The molecule has 4 rings (SSSR count). The molecule has 0 radical (unpaired) electrons. The maximum absolute atomic E-state index is 12.5. The Morgan fingerprint density at radius 2 is 2.17 bits per heavy atom. The lowest BCUT2D eigenvalue weighted by Crippen LogP contribution is -2.42. The fourth-order valence-corrected chi connectivity index (χ4v) is 4.50. The Morgan fingerprint density at radius 3 is 3.03 bits per heavy atom. The predicted molar refractivity (Wildman–Crippen MR) is 110 cm³/mol. The van der Waals surface area contributed by atoms with Gasteiger partial charge in [0.2, 0.25) is 12.7 Å². The minimum atomic E-state index is 0.0310. The fraction of sp³-hybridized carbons (Fsp3) is 0.550. The van der Waals surface area contributed by atoms with E-state index in [0.717, 1.165) is 59.7 Å². The second kappa shape index (κ2) is 9.04. The number of hydrogen-bond acceptors (Lipinski definition) is 7. The molecule has 1 N–H and O–H groups in total. The zero-order valence-electron chi connectivity index (χ0n) is 16.9. The summed E-state index contributed by atoms with van der Waals surface area (Å²) in [6.07, 6.45) is 2.14. The molecule has 29 heavy (non-hydrogen) atoms. The number of nitrogens with zero attached hydrogens (tertiary/aromatic N) is 4. The highest BCUT2D eigenvalue weighted by Crippen LogP contribution is 2.32. The number of carbonyl (C=O) groups excluding carboxylic acids is 1. The van der Waals surface area contributed by atoms with Gasteiger partial charge in [0.1, 0.15) is 5.82 Å². The van der Waals surface area contributed by atoms with E-state index in [1.807, 2.05) is 25.2 Å². The van der Waals surface area contributed by atoms with Gasteiger partial charge in [-0.3, -0.25) is 9.69 Å². The van der Waals surface area contributed by atoms with Crippen LogP contribution in [0.5, 0.6) is 11.5 Å². The van der Waals surface area contributed by atoms with Gasteiger partial charge < -0.3 is 19.4 Å². The summed E-state index contributed by atoms with van der Waals surface area (Å²) in [6, 6.07) is 5.75. The summed E-state index contributed by atoms with van der Waals surface area (Å²) in [4.78, 5) is 14.7. The van der Waals surface area contributed by atoms with Gasteiger partial charge in [-0.05, 0) is 42.8 Å². The number of ether oxygens (including phenoxy) is 2. The van der Waals surface area contributed by atoms with E-state index >= 15 is 0 Å². The van der Waals surface area contributed by atoms with Crippen LogP contribution in [0.25, 0.3) is 0 Å². The molecule has 0 aliphatic carbocycles. The Hall–Kier alpha value is -2.26. The van der Waals surface area contributed by atoms with Gasteiger partial charge in [-0.1, -0.05) is 24.8 Å². The van der Waals surface area contributed by atoms with Crippen molar-refractivity contribution in [3.63, 3.8) is 0 Å². The number of nitrogens with one attached hydrogen (secondary N) is 1. The van der Waals surface area contributed by atoms with E-state index in [4.69, 9.17) is 9.47 Å². The third kappa shape index (κ3) is 4.67. The van der Waals surface area contributed by atoms with Gasteiger partial charge >= 0.3 is 0 Å². The molecule has 1 aromatic carbocycles. The topological polar surface area (TPSA) is 81.5 Å². The fourth-order valence-electron chi connectivity index (χ4n) is 3.86. The highest BCUT2D eigenvalue weighted by molar-refractivity contribution is 7.99. The lowest BCUT2D eigenvalue weighted by Gasteiger charge is -2.31. The van der Waals surface area contributed by atoms with Crippen molar-refractivity contribution in [2.45, 2.75) is 37.4 Å². The van der Waals surface area contributed by atoms with Crippen molar-refractivity contribution in [2.75, 3.05) is 32.2 Å².